The summed E-state index contributed by atoms with van der Waals surface area (Å²) in [5.41, 5.74) is 1.62. The first-order valence-corrected chi connectivity index (χ1v) is 7.75. The van der Waals surface area contributed by atoms with E-state index < -0.39 is 5.97 Å². The van der Waals surface area contributed by atoms with Gasteiger partial charge in [-0.25, -0.2) is 4.79 Å². The van der Waals surface area contributed by atoms with Crippen molar-refractivity contribution in [3.8, 4) is 0 Å². The van der Waals surface area contributed by atoms with Gasteiger partial charge in [-0.3, -0.25) is 10.2 Å². The maximum atomic E-state index is 11.9. The molecular formula is C17H23N3O3. The standard InChI is InChI=1S/C17H23N3O3/c1-4-15(21)16(18)12-9-13(17(22)23-3)11-14(10-12)20-7-5-19(2)6-8-20/h9-11,18H,4-8H2,1-3H3. The minimum atomic E-state index is -0.459. The third kappa shape index (κ3) is 3.96. The number of Topliss-reactive ketones (excluding diaryl/α,β-unsaturated/α-hetero) is 1. The van der Waals surface area contributed by atoms with Crippen LogP contribution in [-0.2, 0) is 9.53 Å². The molecule has 124 valence electrons. The number of nitrogens with one attached hydrogen (secondary N) is 1. The summed E-state index contributed by atoms with van der Waals surface area (Å²) in [4.78, 5) is 28.1. The number of piperazine rings is 1. The normalized spacial score (nSPS) is 15.3. The summed E-state index contributed by atoms with van der Waals surface area (Å²) in [7, 11) is 3.40. The van der Waals surface area contributed by atoms with E-state index in [1.807, 2.05) is 6.07 Å². The molecule has 0 unspecified atom stereocenters. The van der Waals surface area contributed by atoms with Crippen LogP contribution in [0.15, 0.2) is 18.2 Å². The Hall–Kier alpha value is -2.21. The summed E-state index contributed by atoms with van der Waals surface area (Å²) in [6, 6.07) is 5.14. The SMILES string of the molecule is CCC(=O)C(=N)c1cc(C(=O)OC)cc(N2CCN(C)CC2)c1. The molecule has 0 bridgehead atoms. The van der Waals surface area contributed by atoms with Crippen molar-refractivity contribution >= 4 is 23.2 Å². The Balaban J connectivity index is 2.39. The van der Waals surface area contributed by atoms with Gasteiger partial charge in [-0.1, -0.05) is 6.92 Å². The first kappa shape index (κ1) is 17.1. The molecule has 0 spiro atoms. The number of benzene rings is 1. The van der Waals surface area contributed by atoms with E-state index in [4.69, 9.17) is 10.1 Å². The second-order valence-electron chi connectivity index (χ2n) is 5.70. The monoisotopic (exact) mass is 317 g/mol. The summed E-state index contributed by atoms with van der Waals surface area (Å²) in [6.45, 7) is 5.28. The van der Waals surface area contributed by atoms with Gasteiger partial charge in [0.05, 0.1) is 12.7 Å². The highest BCUT2D eigenvalue weighted by molar-refractivity contribution is 6.45. The lowest BCUT2D eigenvalue weighted by Gasteiger charge is -2.34. The molecule has 0 aromatic heterocycles. The molecular weight excluding hydrogens is 294 g/mol. The fourth-order valence-electron chi connectivity index (χ4n) is 2.58. The van der Waals surface area contributed by atoms with Crippen LogP contribution in [0.2, 0.25) is 0 Å². The molecule has 0 radical (unpaired) electrons. The Bertz CT molecular complexity index is 620. The predicted molar refractivity (Wildman–Crippen MR) is 89.6 cm³/mol. The molecule has 6 nitrogen and oxygen atoms in total. The van der Waals surface area contributed by atoms with E-state index in [0.29, 0.717) is 11.1 Å². The zero-order valence-corrected chi connectivity index (χ0v) is 13.9. The molecule has 0 saturated carbocycles. The van der Waals surface area contributed by atoms with Crippen LogP contribution in [0.1, 0.15) is 29.3 Å². The van der Waals surface area contributed by atoms with E-state index in [9.17, 15) is 9.59 Å². The number of hydrogen-bond donors (Lipinski definition) is 1. The van der Waals surface area contributed by atoms with Gasteiger partial charge in [-0.2, -0.15) is 0 Å². The van der Waals surface area contributed by atoms with Crippen LogP contribution in [0.5, 0.6) is 0 Å². The van der Waals surface area contributed by atoms with Gasteiger partial charge in [-0.15, -0.1) is 0 Å². The highest BCUT2D eigenvalue weighted by Crippen LogP contribution is 2.22. The average Bonchev–Trinajstić information content (AvgIpc) is 2.59. The fraction of sp³-hybridized carbons (Fsp3) is 0.471. The summed E-state index contributed by atoms with van der Waals surface area (Å²) in [5, 5.41) is 8.04. The number of ether oxygens (including phenoxy) is 1. The largest absolute Gasteiger partial charge is 0.465 e. The van der Waals surface area contributed by atoms with Gasteiger partial charge in [0.2, 0.25) is 0 Å². The molecule has 0 amide bonds. The smallest absolute Gasteiger partial charge is 0.337 e. The summed E-state index contributed by atoms with van der Waals surface area (Å²) in [5.74, 6) is -0.699. The van der Waals surface area contributed by atoms with Crippen molar-refractivity contribution in [1.82, 2.24) is 4.90 Å². The van der Waals surface area contributed by atoms with E-state index in [0.717, 1.165) is 31.9 Å². The molecule has 23 heavy (non-hydrogen) atoms. The van der Waals surface area contributed by atoms with Gasteiger partial charge in [0.15, 0.2) is 5.78 Å². The number of likely N-dealkylation sites (N-methyl/N-ethyl adjacent to an activating group) is 1. The topological polar surface area (TPSA) is 73.7 Å². The molecule has 0 aliphatic carbocycles. The Kier molecular flexibility index (Phi) is 5.50. The van der Waals surface area contributed by atoms with Crippen LogP contribution in [-0.4, -0.2) is 62.7 Å². The minimum absolute atomic E-state index is 0.0615. The number of esters is 1. The third-order valence-corrected chi connectivity index (χ3v) is 4.10. The van der Waals surface area contributed by atoms with Gasteiger partial charge < -0.3 is 14.5 Å². The summed E-state index contributed by atoms with van der Waals surface area (Å²) >= 11 is 0. The number of ketones is 1. The van der Waals surface area contributed by atoms with Crippen LogP contribution >= 0.6 is 0 Å². The number of nitrogens with zero attached hydrogens (tertiary/aromatic N) is 2. The van der Waals surface area contributed by atoms with Gasteiger partial charge in [0.25, 0.3) is 0 Å². The van der Waals surface area contributed by atoms with E-state index in [1.165, 1.54) is 7.11 Å². The molecule has 1 aromatic rings. The highest BCUT2D eigenvalue weighted by atomic mass is 16.5. The Morgan fingerprint density at radius 1 is 1.13 bits per heavy atom. The van der Waals surface area contributed by atoms with Crippen molar-refractivity contribution in [2.75, 3.05) is 45.2 Å². The molecule has 6 heteroatoms. The van der Waals surface area contributed by atoms with Gasteiger partial charge in [0.1, 0.15) is 5.71 Å². The highest BCUT2D eigenvalue weighted by Gasteiger charge is 2.19. The van der Waals surface area contributed by atoms with E-state index in [1.54, 1.807) is 19.1 Å². The molecule has 0 atom stereocenters. The number of rotatable bonds is 5. The number of carbonyl (C=O) groups is 2. The van der Waals surface area contributed by atoms with Crippen LogP contribution < -0.4 is 4.90 Å². The molecule has 1 saturated heterocycles. The van der Waals surface area contributed by atoms with Crippen molar-refractivity contribution in [3.05, 3.63) is 29.3 Å². The van der Waals surface area contributed by atoms with E-state index >= 15 is 0 Å². The van der Waals surface area contributed by atoms with Crippen LogP contribution in [0, 0.1) is 5.41 Å². The molecule has 1 fully saturated rings. The number of methoxy groups -OCH3 is 1. The van der Waals surface area contributed by atoms with Crippen LogP contribution in [0.4, 0.5) is 5.69 Å². The molecule has 1 aliphatic rings. The molecule has 1 N–H and O–H groups in total. The minimum Gasteiger partial charge on any atom is -0.465 e. The van der Waals surface area contributed by atoms with Gasteiger partial charge in [0, 0.05) is 43.9 Å². The van der Waals surface area contributed by atoms with Crippen molar-refractivity contribution in [2.24, 2.45) is 0 Å². The Morgan fingerprint density at radius 3 is 2.30 bits per heavy atom. The first-order valence-electron chi connectivity index (χ1n) is 7.75. The fourth-order valence-corrected chi connectivity index (χ4v) is 2.58. The van der Waals surface area contributed by atoms with Crippen molar-refractivity contribution in [2.45, 2.75) is 13.3 Å². The molecule has 1 aliphatic heterocycles. The van der Waals surface area contributed by atoms with E-state index in [-0.39, 0.29) is 17.9 Å². The number of carbonyl (C=O) groups excluding carboxylic acids is 2. The second-order valence-corrected chi connectivity index (χ2v) is 5.70. The molecule has 1 aromatic carbocycles. The number of anilines is 1. The Morgan fingerprint density at radius 2 is 1.74 bits per heavy atom. The summed E-state index contributed by atoms with van der Waals surface area (Å²) < 4.78 is 4.80. The van der Waals surface area contributed by atoms with Crippen molar-refractivity contribution in [1.29, 1.82) is 5.41 Å². The van der Waals surface area contributed by atoms with Crippen LogP contribution in [0.25, 0.3) is 0 Å². The van der Waals surface area contributed by atoms with E-state index in [2.05, 4.69) is 16.8 Å². The summed E-state index contributed by atoms with van der Waals surface area (Å²) in [6.07, 6.45) is 0.269. The number of hydrogen-bond acceptors (Lipinski definition) is 6. The Labute approximate surface area is 136 Å². The lowest BCUT2D eigenvalue weighted by Crippen LogP contribution is -2.44. The van der Waals surface area contributed by atoms with Gasteiger partial charge in [-0.05, 0) is 25.2 Å². The average molecular weight is 317 g/mol. The van der Waals surface area contributed by atoms with Gasteiger partial charge >= 0.3 is 5.97 Å². The lowest BCUT2D eigenvalue weighted by atomic mass is 10.0. The second kappa shape index (κ2) is 7.37. The maximum Gasteiger partial charge on any atom is 0.337 e. The quantitative estimate of drug-likeness (QED) is 0.659. The predicted octanol–water partition coefficient (Wildman–Crippen LogP) is 1.57. The first-order chi connectivity index (χ1) is 11.0. The zero-order chi connectivity index (χ0) is 17.0. The third-order valence-electron chi connectivity index (χ3n) is 4.10. The zero-order valence-electron chi connectivity index (χ0n) is 13.9. The van der Waals surface area contributed by atoms with Crippen molar-refractivity contribution < 1.29 is 14.3 Å². The maximum absolute atomic E-state index is 11.9. The lowest BCUT2D eigenvalue weighted by molar-refractivity contribution is -0.112. The molecule has 2 rings (SSSR count). The molecule has 1 heterocycles. The van der Waals surface area contributed by atoms with Crippen LogP contribution in [0.3, 0.4) is 0 Å². The van der Waals surface area contributed by atoms with Crippen molar-refractivity contribution in [3.63, 3.8) is 0 Å².